The number of amides is 1. The Morgan fingerprint density at radius 2 is 2.29 bits per heavy atom. The molecule has 1 amide bonds. The molecule has 2 unspecified atom stereocenters. The molecule has 4 nitrogen and oxygen atoms in total. The number of carbonyl (C=O) groups is 1. The number of piperidine rings is 1. The highest BCUT2D eigenvalue weighted by Crippen LogP contribution is 2.28. The van der Waals surface area contributed by atoms with E-state index in [0.29, 0.717) is 24.9 Å². The summed E-state index contributed by atoms with van der Waals surface area (Å²) in [5, 5.41) is 23.4. The number of hydrogen-bond acceptors (Lipinski definition) is 4. The highest BCUT2D eigenvalue weighted by atomic mass is 32.1. The molecule has 1 fully saturated rings. The SMILES string of the molecule is CCC1(O)CCN(C(=O)c2ccc3sccc3c2)CC1O. The maximum Gasteiger partial charge on any atom is 0.253 e. The van der Waals surface area contributed by atoms with Crippen molar-refractivity contribution in [2.45, 2.75) is 31.5 Å². The zero-order chi connectivity index (χ0) is 15.0. The first-order valence-electron chi connectivity index (χ1n) is 7.20. The first-order valence-corrected chi connectivity index (χ1v) is 8.08. The van der Waals surface area contributed by atoms with Crippen LogP contribution in [0.3, 0.4) is 0 Å². The third kappa shape index (κ3) is 2.57. The van der Waals surface area contributed by atoms with Crippen LogP contribution in [0, 0.1) is 0 Å². The Morgan fingerprint density at radius 3 is 3.00 bits per heavy atom. The van der Waals surface area contributed by atoms with Crippen LogP contribution in [0.25, 0.3) is 10.1 Å². The van der Waals surface area contributed by atoms with Gasteiger partial charge in [-0.3, -0.25) is 4.79 Å². The Labute approximate surface area is 127 Å². The van der Waals surface area contributed by atoms with Gasteiger partial charge in [0.15, 0.2) is 0 Å². The summed E-state index contributed by atoms with van der Waals surface area (Å²) in [5.74, 6) is -0.0831. The molecule has 1 saturated heterocycles. The summed E-state index contributed by atoms with van der Waals surface area (Å²) in [4.78, 5) is 14.2. The quantitative estimate of drug-likeness (QED) is 0.894. The average molecular weight is 305 g/mol. The number of fused-ring (bicyclic) bond motifs is 1. The average Bonchev–Trinajstić information content (AvgIpc) is 2.96. The number of nitrogens with zero attached hydrogens (tertiary/aromatic N) is 1. The summed E-state index contributed by atoms with van der Waals surface area (Å²) in [6, 6.07) is 7.67. The van der Waals surface area contributed by atoms with Crippen molar-refractivity contribution in [3.8, 4) is 0 Å². The van der Waals surface area contributed by atoms with E-state index in [-0.39, 0.29) is 12.5 Å². The Bertz CT molecular complexity index is 668. The van der Waals surface area contributed by atoms with Crippen LogP contribution in [0.2, 0.25) is 0 Å². The van der Waals surface area contributed by atoms with E-state index < -0.39 is 11.7 Å². The molecule has 2 heterocycles. The van der Waals surface area contributed by atoms with Gasteiger partial charge >= 0.3 is 0 Å². The van der Waals surface area contributed by atoms with E-state index in [0.717, 1.165) is 10.1 Å². The number of aliphatic hydroxyl groups excluding tert-OH is 1. The van der Waals surface area contributed by atoms with E-state index >= 15 is 0 Å². The van der Waals surface area contributed by atoms with Crippen molar-refractivity contribution in [1.29, 1.82) is 0 Å². The number of thiophene rings is 1. The van der Waals surface area contributed by atoms with Crippen LogP contribution < -0.4 is 0 Å². The van der Waals surface area contributed by atoms with E-state index in [2.05, 4.69) is 0 Å². The van der Waals surface area contributed by atoms with Crippen LogP contribution in [0.15, 0.2) is 29.6 Å². The van der Waals surface area contributed by atoms with Crippen molar-refractivity contribution < 1.29 is 15.0 Å². The number of hydrogen-bond donors (Lipinski definition) is 2. The predicted octanol–water partition coefficient (Wildman–Crippen LogP) is 2.25. The van der Waals surface area contributed by atoms with Crippen LogP contribution in [-0.4, -0.2) is 45.8 Å². The van der Waals surface area contributed by atoms with Gasteiger partial charge in [-0.1, -0.05) is 6.92 Å². The summed E-state index contributed by atoms with van der Waals surface area (Å²) in [5.41, 5.74) is -0.427. The fourth-order valence-electron chi connectivity index (χ4n) is 2.84. The molecule has 5 heteroatoms. The molecule has 1 aliphatic rings. The van der Waals surface area contributed by atoms with Gasteiger partial charge in [-0.15, -0.1) is 11.3 Å². The normalized spacial score (nSPS) is 26.2. The van der Waals surface area contributed by atoms with Gasteiger partial charge in [0.1, 0.15) is 6.10 Å². The lowest BCUT2D eigenvalue weighted by Gasteiger charge is -2.41. The molecule has 2 aromatic rings. The highest BCUT2D eigenvalue weighted by molar-refractivity contribution is 7.17. The molecular formula is C16H19NO3S. The third-order valence-corrected chi connectivity index (χ3v) is 5.32. The molecule has 1 aromatic carbocycles. The van der Waals surface area contributed by atoms with Crippen molar-refractivity contribution in [3.63, 3.8) is 0 Å². The second-order valence-corrected chi connectivity index (χ2v) is 6.59. The van der Waals surface area contributed by atoms with Crippen molar-refractivity contribution in [2.75, 3.05) is 13.1 Å². The van der Waals surface area contributed by atoms with E-state index in [1.807, 2.05) is 36.6 Å². The van der Waals surface area contributed by atoms with E-state index in [1.165, 1.54) is 0 Å². The second-order valence-electron chi connectivity index (χ2n) is 5.65. The topological polar surface area (TPSA) is 60.8 Å². The third-order valence-electron chi connectivity index (χ3n) is 4.43. The van der Waals surface area contributed by atoms with E-state index in [4.69, 9.17) is 0 Å². The summed E-state index contributed by atoms with van der Waals surface area (Å²) in [7, 11) is 0. The number of benzene rings is 1. The number of likely N-dealkylation sites (tertiary alicyclic amines) is 1. The van der Waals surface area contributed by atoms with Gasteiger partial charge in [0.05, 0.1) is 5.60 Å². The van der Waals surface area contributed by atoms with Crippen LogP contribution in [0.1, 0.15) is 30.1 Å². The second kappa shape index (κ2) is 5.40. The molecular weight excluding hydrogens is 286 g/mol. The van der Waals surface area contributed by atoms with Gasteiger partial charge in [-0.2, -0.15) is 0 Å². The molecule has 0 bridgehead atoms. The number of rotatable bonds is 2. The maximum atomic E-state index is 12.5. The summed E-state index contributed by atoms with van der Waals surface area (Å²) in [6.45, 7) is 2.51. The van der Waals surface area contributed by atoms with Crippen molar-refractivity contribution in [2.24, 2.45) is 0 Å². The van der Waals surface area contributed by atoms with Crippen LogP contribution in [0.4, 0.5) is 0 Å². The zero-order valence-corrected chi connectivity index (χ0v) is 12.8. The minimum absolute atomic E-state index is 0.0831. The van der Waals surface area contributed by atoms with Gasteiger partial charge in [0.2, 0.25) is 0 Å². The fourth-order valence-corrected chi connectivity index (χ4v) is 3.62. The van der Waals surface area contributed by atoms with Gasteiger partial charge in [-0.05, 0) is 47.9 Å². The van der Waals surface area contributed by atoms with Crippen LogP contribution in [-0.2, 0) is 0 Å². The number of aliphatic hydroxyl groups is 2. The summed E-state index contributed by atoms with van der Waals surface area (Å²) >= 11 is 1.65. The molecule has 3 rings (SSSR count). The Hall–Kier alpha value is -1.43. The van der Waals surface area contributed by atoms with Gasteiger partial charge in [0, 0.05) is 23.4 Å². The number of carbonyl (C=O) groups excluding carboxylic acids is 1. The molecule has 1 aliphatic heterocycles. The first kappa shape index (κ1) is 14.5. The van der Waals surface area contributed by atoms with Crippen LogP contribution in [0.5, 0.6) is 0 Å². The lowest BCUT2D eigenvalue weighted by molar-refractivity contribution is -0.114. The molecule has 21 heavy (non-hydrogen) atoms. The predicted molar refractivity (Wildman–Crippen MR) is 83.6 cm³/mol. The van der Waals surface area contributed by atoms with Crippen molar-refractivity contribution >= 4 is 27.3 Å². The minimum Gasteiger partial charge on any atom is -0.388 e. The van der Waals surface area contributed by atoms with Crippen molar-refractivity contribution in [3.05, 3.63) is 35.2 Å². The maximum absolute atomic E-state index is 12.5. The first-order chi connectivity index (χ1) is 10.0. The van der Waals surface area contributed by atoms with E-state index in [1.54, 1.807) is 16.2 Å². The molecule has 1 aromatic heterocycles. The van der Waals surface area contributed by atoms with Gasteiger partial charge in [-0.25, -0.2) is 0 Å². The molecule has 0 saturated carbocycles. The van der Waals surface area contributed by atoms with E-state index in [9.17, 15) is 15.0 Å². The lowest BCUT2D eigenvalue weighted by atomic mass is 9.86. The Morgan fingerprint density at radius 1 is 1.48 bits per heavy atom. The Balaban J connectivity index is 1.79. The smallest absolute Gasteiger partial charge is 0.253 e. The molecule has 2 atom stereocenters. The van der Waals surface area contributed by atoms with Crippen LogP contribution >= 0.6 is 11.3 Å². The zero-order valence-electron chi connectivity index (χ0n) is 12.0. The number of β-amino-alcohol motifs (C(OH)–C–C–N with tert-alkyl or cyclic N) is 1. The summed E-state index contributed by atoms with van der Waals surface area (Å²) < 4.78 is 1.16. The summed E-state index contributed by atoms with van der Waals surface area (Å²) in [6.07, 6.45) is 0.0267. The lowest BCUT2D eigenvalue weighted by Crippen LogP contribution is -2.56. The standard InChI is InChI=1S/C16H19NO3S/c1-2-16(20)6-7-17(10-14(16)18)15(19)12-3-4-13-11(9-12)5-8-21-13/h3-5,8-9,14,18,20H,2,6-7,10H2,1H3. The molecule has 0 radical (unpaired) electrons. The molecule has 0 aliphatic carbocycles. The largest absolute Gasteiger partial charge is 0.388 e. The van der Waals surface area contributed by atoms with Gasteiger partial charge < -0.3 is 15.1 Å². The minimum atomic E-state index is -1.06. The molecule has 0 spiro atoms. The Kier molecular flexibility index (Phi) is 3.73. The molecule has 2 N–H and O–H groups in total. The monoisotopic (exact) mass is 305 g/mol. The van der Waals surface area contributed by atoms with Gasteiger partial charge in [0.25, 0.3) is 5.91 Å². The highest BCUT2D eigenvalue weighted by Gasteiger charge is 2.40. The molecule has 112 valence electrons. The van der Waals surface area contributed by atoms with Crippen molar-refractivity contribution in [1.82, 2.24) is 4.90 Å². The fraction of sp³-hybridized carbons (Fsp3) is 0.438.